The Morgan fingerprint density at radius 2 is 1.40 bits per heavy atom. The van der Waals surface area contributed by atoms with Crippen molar-refractivity contribution in [2.75, 3.05) is 4.90 Å². The van der Waals surface area contributed by atoms with Crippen LogP contribution in [0.5, 0.6) is 0 Å². The number of nitriles is 2. The molecule has 0 fully saturated rings. The maximum Gasteiger partial charge on any atom is 0.0992 e. The van der Waals surface area contributed by atoms with Crippen molar-refractivity contribution in [2.24, 2.45) is 11.8 Å². The van der Waals surface area contributed by atoms with E-state index in [0.717, 1.165) is 23.4 Å². The first-order chi connectivity index (χ1) is 24.6. The van der Waals surface area contributed by atoms with E-state index in [0.29, 0.717) is 17.0 Å². The monoisotopic (exact) mass is 644 g/mol. The standard InChI is InChI=1S/C46H36N4/c1-29-11-9-17-40-41-25-31(27-47)21-22-45(41)49(46(29)40)34-24-32(28-48)23-33(26-34)35-15-10-16-36(30(35)2)37-12-3-6-18-42(37)50-43-19-7-4-13-38(43)39-14-5-8-20-44(39)50/h3-10,12-26,29-30,35,40,46H,11H2,1-2H3. The fourth-order valence-electron chi connectivity index (χ4n) is 8.98. The Hall–Kier alpha value is -6.10. The van der Waals surface area contributed by atoms with E-state index in [1.807, 2.05) is 12.1 Å². The number of rotatable bonds is 4. The molecule has 1 aliphatic heterocycles. The van der Waals surface area contributed by atoms with Crippen LogP contribution in [-0.2, 0) is 0 Å². The fourth-order valence-corrected chi connectivity index (χ4v) is 8.98. The lowest BCUT2D eigenvalue weighted by Gasteiger charge is -2.37. The number of allylic oxidation sites excluding steroid dienone is 5. The van der Waals surface area contributed by atoms with Crippen LogP contribution >= 0.6 is 0 Å². The number of benzene rings is 5. The molecule has 2 heterocycles. The molecule has 6 aromatic rings. The predicted molar refractivity (Wildman–Crippen MR) is 204 cm³/mol. The van der Waals surface area contributed by atoms with Crippen LogP contribution in [0.1, 0.15) is 59.9 Å². The summed E-state index contributed by atoms with van der Waals surface area (Å²) >= 11 is 0. The van der Waals surface area contributed by atoms with Gasteiger partial charge < -0.3 is 9.47 Å². The average Bonchev–Trinajstić information content (AvgIpc) is 3.68. The minimum Gasteiger partial charge on any atom is -0.337 e. The predicted octanol–water partition coefficient (Wildman–Crippen LogP) is 11.1. The first kappa shape index (κ1) is 30.0. The second-order valence-corrected chi connectivity index (χ2v) is 14.0. The summed E-state index contributed by atoms with van der Waals surface area (Å²) in [6.07, 6.45) is 12.4. The number of fused-ring (bicyclic) bond motifs is 6. The van der Waals surface area contributed by atoms with Gasteiger partial charge in [0.2, 0.25) is 0 Å². The number of aromatic nitrogens is 1. The van der Waals surface area contributed by atoms with Gasteiger partial charge in [0.05, 0.1) is 40.0 Å². The molecule has 0 bridgehead atoms. The van der Waals surface area contributed by atoms with E-state index in [1.54, 1.807) is 0 Å². The highest BCUT2D eigenvalue weighted by atomic mass is 15.2. The van der Waals surface area contributed by atoms with Gasteiger partial charge in [-0.1, -0.05) is 98.8 Å². The van der Waals surface area contributed by atoms with Crippen LogP contribution in [0.25, 0.3) is 33.1 Å². The van der Waals surface area contributed by atoms with E-state index in [1.165, 1.54) is 44.2 Å². The Morgan fingerprint density at radius 3 is 2.16 bits per heavy atom. The maximum atomic E-state index is 10.3. The highest BCUT2D eigenvalue weighted by molar-refractivity contribution is 6.09. The zero-order valence-corrected chi connectivity index (χ0v) is 28.2. The molecule has 4 heteroatoms. The molecule has 0 spiro atoms. The smallest absolute Gasteiger partial charge is 0.0992 e. The topological polar surface area (TPSA) is 55.8 Å². The van der Waals surface area contributed by atoms with Gasteiger partial charge in [-0.05, 0) is 89.6 Å². The Kier molecular flexibility index (Phi) is 7.08. The van der Waals surface area contributed by atoms with E-state index in [-0.39, 0.29) is 23.8 Å². The zero-order valence-electron chi connectivity index (χ0n) is 28.2. The molecule has 5 aromatic carbocycles. The third-order valence-electron chi connectivity index (χ3n) is 11.3. The maximum absolute atomic E-state index is 10.3. The third-order valence-corrected chi connectivity index (χ3v) is 11.3. The highest BCUT2D eigenvalue weighted by Crippen LogP contribution is 2.52. The normalized spacial score (nSPS) is 22.2. The van der Waals surface area contributed by atoms with Crippen molar-refractivity contribution in [1.29, 1.82) is 10.5 Å². The molecular formula is C46H36N4. The van der Waals surface area contributed by atoms with Gasteiger partial charge in [0.1, 0.15) is 0 Å². The first-order valence-corrected chi connectivity index (χ1v) is 17.6. The first-order valence-electron chi connectivity index (χ1n) is 17.6. The van der Waals surface area contributed by atoms with Gasteiger partial charge in [0, 0.05) is 45.6 Å². The zero-order chi connectivity index (χ0) is 33.9. The number of nitrogens with zero attached hydrogens (tertiary/aromatic N) is 4. The van der Waals surface area contributed by atoms with E-state index >= 15 is 0 Å². The van der Waals surface area contributed by atoms with Gasteiger partial charge in [0.15, 0.2) is 0 Å². The van der Waals surface area contributed by atoms with Crippen molar-refractivity contribution in [3.8, 4) is 17.8 Å². The Bertz CT molecular complexity index is 2460. The van der Waals surface area contributed by atoms with Crippen LogP contribution in [0, 0.1) is 34.5 Å². The van der Waals surface area contributed by atoms with Gasteiger partial charge in [0.25, 0.3) is 0 Å². The summed E-state index contributed by atoms with van der Waals surface area (Å²) < 4.78 is 2.41. The van der Waals surface area contributed by atoms with Gasteiger partial charge >= 0.3 is 0 Å². The van der Waals surface area contributed by atoms with Crippen LogP contribution in [-0.4, -0.2) is 10.6 Å². The van der Waals surface area contributed by atoms with E-state index in [4.69, 9.17) is 0 Å². The van der Waals surface area contributed by atoms with Gasteiger partial charge in [-0.15, -0.1) is 0 Å². The SMILES string of the molecule is CC1CC=CC2c3cc(C#N)ccc3N(c3cc(C#N)cc(C4C=CC=C(c5ccccc5-n5c6ccccc6c6ccccc65)C4C)c3)C12. The minimum absolute atomic E-state index is 0.0794. The van der Waals surface area contributed by atoms with E-state index < -0.39 is 0 Å². The number of hydrogen-bond donors (Lipinski definition) is 0. The lowest BCUT2D eigenvalue weighted by Crippen LogP contribution is -2.37. The molecule has 9 rings (SSSR count). The summed E-state index contributed by atoms with van der Waals surface area (Å²) in [5.74, 6) is 0.856. The van der Waals surface area contributed by atoms with Gasteiger partial charge in [-0.2, -0.15) is 10.5 Å². The summed E-state index contributed by atoms with van der Waals surface area (Å²) in [5, 5.41) is 22.5. The largest absolute Gasteiger partial charge is 0.337 e. The van der Waals surface area contributed by atoms with Gasteiger partial charge in [-0.25, -0.2) is 0 Å². The second-order valence-electron chi connectivity index (χ2n) is 14.0. The lowest BCUT2D eigenvalue weighted by molar-refractivity contribution is 0.424. The summed E-state index contributed by atoms with van der Waals surface area (Å²) in [6, 6.07) is 43.7. The summed E-state index contributed by atoms with van der Waals surface area (Å²) in [4.78, 5) is 2.45. The molecule has 0 radical (unpaired) electrons. The van der Waals surface area contributed by atoms with Crippen molar-refractivity contribution in [3.63, 3.8) is 0 Å². The van der Waals surface area contributed by atoms with Crippen molar-refractivity contribution in [3.05, 3.63) is 167 Å². The quantitative estimate of drug-likeness (QED) is 0.179. The molecule has 0 saturated heterocycles. The molecule has 4 nitrogen and oxygen atoms in total. The number of para-hydroxylation sites is 3. The van der Waals surface area contributed by atoms with Crippen molar-refractivity contribution in [2.45, 2.75) is 38.1 Å². The second kappa shape index (κ2) is 11.8. The van der Waals surface area contributed by atoms with Crippen LogP contribution in [0.2, 0.25) is 0 Å². The Balaban J connectivity index is 1.14. The molecule has 5 unspecified atom stereocenters. The summed E-state index contributed by atoms with van der Waals surface area (Å²) in [5.41, 5.74) is 11.9. The minimum atomic E-state index is 0.0794. The molecule has 0 saturated carbocycles. The third kappa shape index (κ3) is 4.57. The molecule has 2 aliphatic carbocycles. The van der Waals surface area contributed by atoms with Gasteiger partial charge in [-0.3, -0.25) is 0 Å². The molecular weight excluding hydrogens is 609 g/mol. The van der Waals surface area contributed by atoms with E-state index in [9.17, 15) is 10.5 Å². The number of hydrogen-bond acceptors (Lipinski definition) is 3. The lowest BCUT2D eigenvalue weighted by atomic mass is 9.76. The molecule has 240 valence electrons. The molecule has 1 aromatic heterocycles. The average molecular weight is 645 g/mol. The molecule has 0 amide bonds. The van der Waals surface area contributed by atoms with Crippen LogP contribution in [0.4, 0.5) is 11.4 Å². The van der Waals surface area contributed by atoms with E-state index in [2.05, 4.69) is 163 Å². The van der Waals surface area contributed by atoms with Crippen molar-refractivity contribution in [1.82, 2.24) is 4.57 Å². The van der Waals surface area contributed by atoms with Crippen LogP contribution < -0.4 is 4.90 Å². The molecule has 0 N–H and O–H groups in total. The number of anilines is 2. The summed E-state index contributed by atoms with van der Waals surface area (Å²) in [7, 11) is 0. The Morgan fingerprint density at radius 1 is 0.680 bits per heavy atom. The molecule has 50 heavy (non-hydrogen) atoms. The Labute approximate surface area is 293 Å². The fraction of sp³-hybridized carbons (Fsp3) is 0.174. The van der Waals surface area contributed by atoms with Crippen LogP contribution in [0.15, 0.2) is 140 Å². The van der Waals surface area contributed by atoms with Crippen LogP contribution in [0.3, 0.4) is 0 Å². The molecule has 3 aliphatic rings. The summed E-state index contributed by atoms with van der Waals surface area (Å²) in [6.45, 7) is 4.64. The van der Waals surface area contributed by atoms with Crippen molar-refractivity contribution < 1.29 is 0 Å². The van der Waals surface area contributed by atoms with Crippen molar-refractivity contribution >= 4 is 38.8 Å². The molecule has 5 atom stereocenters. The highest BCUT2D eigenvalue weighted by Gasteiger charge is 2.42.